The third kappa shape index (κ3) is 2.05. The Morgan fingerprint density at radius 3 is 2.38 bits per heavy atom. The van der Waals surface area contributed by atoms with Gasteiger partial charge in [-0.25, -0.2) is 8.42 Å². The van der Waals surface area contributed by atoms with Crippen LogP contribution in [-0.4, -0.2) is 40.4 Å². The van der Waals surface area contributed by atoms with E-state index in [-0.39, 0.29) is 5.78 Å². The Morgan fingerprint density at radius 1 is 1.24 bits per heavy atom. The van der Waals surface area contributed by atoms with Crippen LogP contribution >= 0.6 is 0 Å². The van der Waals surface area contributed by atoms with Crippen LogP contribution in [-0.2, 0) is 21.9 Å². The third-order valence-corrected chi connectivity index (χ3v) is 7.18. The van der Waals surface area contributed by atoms with Gasteiger partial charge in [0.15, 0.2) is 0 Å². The minimum absolute atomic E-state index is 0.181. The van der Waals surface area contributed by atoms with Gasteiger partial charge in [0.2, 0.25) is 10.0 Å². The largest absolute Gasteiger partial charge is 0.300 e. The summed E-state index contributed by atoms with van der Waals surface area (Å²) in [7, 11) is -1.85. The molecule has 0 aromatic carbocycles. The number of nitrogens with zero attached hydrogens (tertiary/aromatic N) is 3. The second kappa shape index (κ2) is 4.64. The molecule has 0 atom stereocenters. The molecule has 0 bridgehead atoms. The molecule has 2 heterocycles. The van der Waals surface area contributed by atoms with E-state index in [9.17, 15) is 13.2 Å². The molecule has 1 aliphatic carbocycles. The molecule has 0 N–H and O–H groups in total. The van der Waals surface area contributed by atoms with Crippen LogP contribution in [0.4, 0.5) is 0 Å². The molecule has 21 heavy (non-hydrogen) atoms. The van der Waals surface area contributed by atoms with Crippen molar-refractivity contribution >= 4 is 15.8 Å². The van der Waals surface area contributed by atoms with Crippen molar-refractivity contribution in [1.82, 2.24) is 14.1 Å². The number of Topliss-reactive ketones (excluding diaryl/α,β-unsaturated/α-hetero) is 1. The van der Waals surface area contributed by atoms with Crippen molar-refractivity contribution < 1.29 is 13.2 Å². The van der Waals surface area contributed by atoms with Gasteiger partial charge < -0.3 is 0 Å². The summed E-state index contributed by atoms with van der Waals surface area (Å²) in [6.45, 7) is 3.80. The van der Waals surface area contributed by atoms with Crippen LogP contribution in [0.15, 0.2) is 4.90 Å². The van der Waals surface area contributed by atoms with Gasteiger partial charge >= 0.3 is 0 Å². The van der Waals surface area contributed by atoms with Gasteiger partial charge in [-0.2, -0.15) is 9.40 Å². The van der Waals surface area contributed by atoms with Crippen LogP contribution in [0.3, 0.4) is 0 Å². The van der Waals surface area contributed by atoms with E-state index in [4.69, 9.17) is 0 Å². The van der Waals surface area contributed by atoms with E-state index in [0.717, 1.165) is 19.3 Å². The number of rotatable bonds is 2. The maximum Gasteiger partial charge on any atom is 0.247 e. The van der Waals surface area contributed by atoms with E-state index in [2.05, 4.69) is 5.10 Å². The molecule has 0 unspecified atom stereocenters. The summed E-state index contributed by atoms with van der Waals surface area (Å²) >= 11 is 0. The first-order valence-corrected chi connectivity index (χ1v) is 8.77. The number of sulfonamides is 1. The Balaban J connectivity index is 2.07. The number of carbonyl (C=O) groups excluding carboxylic acids is 1. The Hall–Kier alpha value is -1.21. The molecular weight excluding hydrogens is 290 g/mol. The molecule has 2 fully saturated rings. The lowest BCUT2D eigenvalue weighted by atomic mass is 9.71. The molecule has 3 rings (SSSR count). The lowest BCUT2D eigenvalue weighted by Gasteiger charge is -2.51. The number of ketones is 1. The zero-order valence-corrected chi connectivity index (χ0v) is 13.5. The summed E-state index contributed by atoms with van der Waals surface area (Å²) in [5, 5.41) is 4.22. The van der Waals surface area contributed by atoms with Crippen molar-refractivity contribution in [2.24, 2.45) is 7.05 Å². The maximum absolute atomic E-state index is 13.1. The fourth-order valence-corrected chi connectivity index (χ4v) is 5.86. The molecule has 1 spiro atoms. The third-order valence-electron chi connectivity index (χ3n) is 4.92. The van der Waals surface area contributed by atoms with Crippen LogP contribution < -0.4 is 0 Å². The van der Waals surface area contributed by atoms with Gasteiger partial charge in [-0.15, -0.1) is 0 Å². The number of aromatic nitrogens is 2. The number of hydrogen-bond acceptors (Lipinski definition) is 4. The van der Waals surface area contributed by atoms with Gasteiger partial charge in [0.1, 0.15) is 10.7 Å². The molecule has 6 nitrogen and oxygen atoms in total. The minimum atomic E-state index is -3.60. The standard InChI is InChI=1S/C14H21N3O3S/c1-10-13(11(2)16(3)15-10)21(19,20)17-8-5-12(18)9-14(17)6-4-7-14/h4-9H2,1-3H3. The average Bonchev–Trinajstić information content (AvgIpc) is 2.61. The summed E-state index contributed by atoms with van der Waals surface area (Å²) < 4.78 is 29.4. The summed E-state index contributed by atoms with van der Waals surface area (Å²) in [6.07, 6.45) is 3.25. The maximum atomic E-state index is 13.1. The first kappa shape index (κ1) is 14.7. The fourth-order valence-electron chi connectivity index (χ4n) is 3.63. The fraction of sp³-hybridized carbons (Fsp3) is 0.714. The van der Waals surface area contributed by atoms with Crippen molar-refractivity contribution in [2.45, 2.75) is 56.4 Å². The molecule has 7 heteroatoms. The second-order valence-corrected chi connectivity index (χ2v) is 8.04. The molecule has 0 amide bonds. The summed E-state index contributed by atoms with van der Waals surface area (Å²) in [5.74, 6) is 0.181. The normalized spacial score (nSPS) is 22.5. The van der Waals surface area contributed by atoms with E-state index in [0.29, 0.717) is 35.7 Å². The van der Waals surface area contributed by atoms with Crippen molar-refractivity contribution in [3.63, 3.8) is 0 Å². The first-order chi connectivity index (χ1) is 9.78. The van der Waals surface area contributed by atoms with Crippen molar-refractivity contribution in [1.29, 1.82) is 0 Å². The predicted octanol–water partition coefficient (Wildman–Crippen LogP) is 1.31. The minimum Gasteiger partial charge on any atom is -0.300 e. The van der Waals surface area contributed by atoms with Crippen LogP contribution in [0.1, 0.15) is 43.5 Å². The highest BCUT2D eigenvalue weighted by Crippen LogP contribution is 2.46. The Morgan fingerprint density at radius 2 is 1.90 bits per heavy atom. The lowest BCUT2D eigenvalue weighted by molar-refractivity contribution is -0.126. The highest BCUT2D eigenvalue weighted by molar-refractivity contribution is 7.89. The predicted molar refractivity (Wildman–Crippen MR) is 77.4 cm³/mol. The number of aryl methyl sites for hydroxylation is 2. The van der Waals surface area contributed by atoms with Gasteiger partial charge in [0.05, 0.1) is 11.4 Å². The topological polar surface area (TPSA) is 72.3 Å². The quantitative estimate of drug-likeness (QED) is 0.825. The molecule has 1 aliphatic heterocycles. The zero-order chi connectivity index (χ0) is 15.4. The summed E-state index contributed by atoms with van der Waals surface area (Å²) in [5.41, 5.74) is 0.711. The van der Waals surface area contributed by atoms with Crippen LogP contribution in [0.25, 0.3) is 0 Å². The molecule has 1 aromatic rings. The van der Waals surface area contributed by atoms with E-state index in [1.165, 1.54) is 0 Å². The molecule has 1 saturated heterocycles. The van der Waals surface area contributed by atoms with Crippen LogP contribution in [0.2, 0.25) is 0 Å². The molecule has 2 aliphatic rings. The molecular formula is C14H21N3O3S. The highest BCUT2D eigenvalue weighted by Gasteiger charge is 2.52. The second-order valence-electron chi connectivity index (χ2n) is 6.24. The Labute approximate surface area is 125 Å². The van der Waals surface area contributed by atoms with Crippen molar-refractivity contribution in [3.8, 4) is 0 Å². The van der Waals surface area contributed by atoms with E-state index in [1.807, 2.05) is 0 Å². The SMILES string of the molecule is Cc1nn(C)c(C)c1S(=O)(=O)N1CCC(=O)CC12CCC2. The Kier molecular flexibility index (Phi) is 3.25. The smallest absolute Gasteiger partial charge is 0.247 e. The molecule has 1 saturated carbocycles. The number of hydrogen-bond donors (Lipinski definition) is 0. The van der Waals surface area contributed by atoms with Gasteiger partial charge in [0, 0.05) is 32.0 Å². The first-order valence-electron chi connectivity index (χ1n) is 7.33. The number of piperidine rings is 1. The van der Waals surface area contributed by atoms with E-state index >= 15 is 0 Å². The van der Waals surface area contributed by atoms with Gasteiger partial charge in [-0.1, -0.05) is 0 Å². The van der Waals surface area contributed by atoms with Gasteiger partial charge in [-0.05, 0) is 33.1 Å². The van der Waals surface area contributed by atoms with E-state index < -0.39 is 15.6 Å². The Bertz CT molecular complexity index is 701. The summed E-state index contributed by atoms with van der Waals surface area (Å²) in [4.78, 5) is 12.1. The highest BCUT2D eigenvalue weighted by atomic mass is 32.2. The van der Waals surface area contributed by atoms with E-state index in [1.54, 1.807) is 29.9 Å². The van der Waals surface area contributed by atoms with Crippen LogP contribution in [0, 0.1) is 13.8 Å². The van der Waals surface area contributed by atoms with Crippen LogP contribution in [0.5, 0.6) is 0 Å². The van der Waals surface area contributed by atoms with Gasteiger partial charge in [0.25, 0.3) is 0 Å². The monoisotopic (exact) mass is 311 g/mol. The average molecular weight is 311 g/mol. The van der Waals surface area contributed by atoms with Gasteiger partial charge in [-0.3, -0.25) is 9.48 Å². The van der Waals surface area contributed by atoms with Crippen molar-refractivity contribution in [2.75, 3.05) is 6.54 Å². The molecule has 116 valence electrons. The molecule has 0 radical (unpaired) electrons. The number of carbonyl (C=O) groups is 1. The lowest BCUT2D eigenvalue weighted by Crippen LogP contribution is -2.60. The van der Waals surface area contributed by atoms with Crippen molar-refractivity contribution in [3.05, 3.63) is 11.4 Å². The zero-order valence-electron chi connectivity index (χ0n) is 12.7. The summed E-state index contributed by atoms with van der Waals surface area (Å²) in [6, 6.07) is 0. The molecule has 1 aromatic heterocycles.